The van der Waals surface area contributed by atoms with Gasteiger partial charge in [-0.15, -0.1) is 0 Å². The highest BCUT2D eigenvalue weighted by Crippen LogP contribution is 2.39. The summed E-state index contributed by atoms with van der Waals surface area (Å²) >= 11 is 0. The maximum Gasteiger partial charge on any atom is 0.162 e. The molecule has 0 unspecified atom stereocenters. The van der Waals surface area contributed by atoms with Crippen molar-refractivity contribution >= 4 is 0 Å². The van der Waals surface area contributed by atoms with Gasteiger partial charge in [0, 0.05) is 5.92 Å². The lowest BCUT2D eigenvalue weighted by Gasteiger charge is -2.25. The number of epoxide rings is 1. The lowest BCUT2D eigenvalue weighted by Crippen LogP contribution is -2.39. The Morgan fingerprint density at radius 1 is 1.00 bits per heavy atom. The number of hydrogen-bond donors (Lipinski definition) is 0. The summed E-state index contributed by atoms with van der Waals surface area (Å²) in [5.74, 6) is -0.124. The van der Waals surface area contributed by atoms with Crippen LogP contribution in [-0.4, -0.2) is 43.9 Å². The summed E-state index contributed by atoms with van der Waals surface area (Å²) in [5, 5.41) is 0. The normalized spacial score (nSPS) is 50.1. The van der Waals surface area contributed by atoms with Crippen molar-refractivity contribution in [1.29, 1.82) is 0 Å². The van der Waals surface area contributed by atoms with Gasteiger partial charge in [0.05, 0.1) is 32.0 Å². The molecule has 0 bridgehead atoms. The van der Waals surface area contributed by atoms with E-state index in [0.717, 1.165) is 6.61 Å². The van der Waals surface area contributed by atoms with Crippen LogP contribution in [0.15, 0.2) is 0 Å². The first-order chi connectivity index (χ1) is 6.66. The third-order valence-electron chi connectivity index (χ3n) is 3.21. The Hall–Kier alpha value is -0.160. The Balaban J connectivity index is 1.74. The average molecular weight is 200 g/mol. The van der Waals surface area contributed by atoms with E-state index in [4.69, 9.17) is 18.9 Å². The van der Waals surface area contributed by atoms with Crippen LogP contribution in [0.4, 0.5) is 0 Å². The van der Waals surface area contributed by atoms with E-state index in [1.807, 2.05) is 13.8 Å². The largest absolute Gasteiger partial charge is 0.373 e. The van der Waals surface area contributed by atoms with Gasteiger partial charge in [0.15, 0.2) is 5.79 Å². The van der Waals surface area contributed by atoms with E-state index >= 15 is 0 Å². The molecule has 0 N–H and O–H groups in total. The van der Waals surface area contributed by atoms with Gasteiger partial charge in [-0.1, -0.05) is 0 Å². The van der Waals surface area contributed by atoms with Gasteiger partial charge < -0.3 is 18.9 Å². The second kappa shape index (κ2) is 2.92. The highest BCUT2D eigenvalue weighted by atomic mass is 16.7. The first-order valence-electron chi connectivity index (χ1n) is 5.21. The molecule has 4 nitrogen and oxygen atoms in total. The predicted octanol–water partition coefficient (Wildman–Crippen LogP) is 0.552. The zero-order chi connectivity index (χ0) is 9.76. The van der Waals surface area contributed by atoms with Crippen LogP contribution in [0.1, 0.15) is 13.8 Å². The third kappa shape index (κ3) is 1.46. The maximum atomic E-state index is 5.68. The van der Waals surface area contributed by atoms with Gasteiger partial charge in [-0.05, 0) is 13.8 Å². The molecular formula is C10H16O4. The molecule has 3 fully saturated rings. The number of fused-ring (bicyclic) bond motifs is 3. The summed E-state index contributed by atoms with van der Waals surface area (Å²) in [5.41, 5.74) is 0. The molecule has 0 aromatic rings. The minimum Gasteiger partial charge on any atom is -0.373 e. The minimum absolute atomic E-state index is 0.153. The van der Waals surface area contributed by atoms with Crippen molar-refractivity contribution < 1.29 is 18.9 Å². The fraction of sp³-hybridized carbons (Fsp3) is 1.00. The van der Waals surface area contributed by atoms with Crippen LogP contribution in [0, 0.1) is 5.92 Å². The van der Waals surface area contributed by atoms with Gasteiger partial charge in [0.2, 0.25) is 0 Å². The van der Waals surface area contributed by atoms with Gasteiger partial charge in [-0.3, -0.25) is 0 Å². The summed E-state index contributed by atoms with van der Waals surface area (Å²) in [4.78, 5) is 0. The standard InChI is InChI=1S/C10H16O4/c1-10(2)12-3-6-7(5-13-10)11-4-8-9(6)14-8/h6-9H,3-5H2,1-2H3/t6-,7-,8-,9-/m0/s1. The van der Waals surface area contributed by atoms with Crippen molar-refractivity contribution in [2.45, 2.75) is 37.9 Å². The molecule has 3 saturated heterocycles. The summed E-state index contributed by atoms with van der Waals surface area (Å²) < 4.78 is 22.5. The predicted molar refractivity (Wildman–Crippen MR) is 47.9 cm³/mol. The molecule has 0 spiro atoms. The van der Waals surface area contributed by atoms with Crippen LogP contribution >= 0.6 is 0 Å². The summed E-state index contributed by atoms with van der Waals surface area (Å²) in [6.07, 6.45) is 0.827. The lowest BCUT2D eigenvalue weighted by molar-refractivity contribution is -0.205. The van der Waals surface area contributed by atoms with E-state index in [0.29, 0.717) is 31.3 Å². The Kier molecular flexibility index (Phi) is 1.89. The van der Waals surface area contributed by atoms with Gasteiger partial charge >= 0.3 is 0 Å². The molecule has 80 valence electrons. The quantitative estimate of drug-likeness (QED) is 0.535. The fourth-order valence-corrected chi connectivity index (χ4v) is 2.22. The zero-order valence-electron chi connectivity index (χ0n) is 8.56. The van der Waals surface area contributed by atoms with Gasteiger partial charge in [-0.25, -0.2) is 0 Å². The molecule has 0 saturated carbocycles. The summed E-state index contributed by atoms with van der Waals surface area (Å²) in [7, 11) is 0. The number of rotatable bonds is 0. The van der Waals surface area contributed by atoms with E-state index in [2.05, 4.69) is 0 Å². The first-order valence-corrected chi connectivity index (χ1v) is 5.21. The lowest BCUT2D eigenvalue weighted by atomic mass is 9.95. The Morgan fingerprint density at radius 3 is 2.64 bits per heavy atom. The highest BCUT2D eigenvalue weighted by molar-refractivity contribution is 4.98. The molecular weight excluding hydrogens is 184 g/mol. The van der Waals surface area contributed by atoms with E-state index in [1.165, 1.54) is 0 Å². The monoisotopic (exact) mass is 200 g/mol. The number of hydrogen-bond acceptors (Lipinski definition) is 4. The molecule has 0 aromatic carbocycles. The van der Waals surface area contributed by atoms with Crippen LogP contribution in [0.3, 0.4) is 0 Å². The van der Waals surface area contributed by atoms with Crippen molar-refractivity contribution in [3.05, 3.63) is 0 Å². The first kappa shape index (κ1) is 9.09. The molecule has 0 amide bonds. The fourth-order valence-electron chi connectivity index (χ4n) is 2.22. The van der Waals surface area contributed by atoms with Crippen molar-refractivity contribution in [3.8, 4) is 0 Å². The molecule has 3 aliphatic rings. The molecule has 0 radical (unpaired) electrons. The van der Waals surface area contributed by atoms with Crippen LogP contribution in [0.5, 0.6) is 0 Å². The summed E-state index contributed by atoms with van der Waals surface area (Å²) in [6.45, 7) is 5.89. The topological polar surface area (TPSA) is 40.2 Å². The van der Waals surface area contributed by atoms with Crippen LogP contribution in [-0.2, 0) is 18.9 Å². The second-order valence-electron chi connectivity index (χ2n) is 4.70. The maximum absolute atomic E-state index is 5.68. The average Bonchev–Trinajstić information content (AvgIpc) is 2.89. The molecule has 3 heterocycles. The SMILES string of the molecule is CC1(C)OC[C@@H]2[C@@H]3O[C@H]3CO[C@H]2CO1. The molecule has 3 aliphatic heterocycles. The van der Waals surface area contributed by atoms with Gasteiger partial charge in [0.25, 0.3) is 0 Å². The highest BCUT2D eigenvalue weighted by Gasteiger charge is 2.53. The van der Waals surface area contributed by atoms with E-state index in [9.17, 15) is 0 Å². The molecule has 4 heteroatoms. The van der Waals surface area contributed by atoms with Gasteiger partial charge in [0.1, 0.15) is 6.10 Å². The number of ether oxygens (including phenoxy) is 4. The van der Waals surface area contributed by atoms with Crippen molar-refractivity contribution in [3.63, 3.8) is 0 Å². The summed E-state index contributed by atoms with van der Waals surface area (Å²) in [6, 6.07) is 0. The Labute approximate surface area is 83.5 Å². The van der Waals surface area contributed by atoms with Crippen LogP contribution < -0.4 is 0 Å². The van der Waals surface area contributed by atoms with E-state index in [1.54, 1.807) is 0 Å². The van der Waals surface area contributed by atoms with Crippen molar-refractivity contribution in [1.82, 2.24) is 0 Å². The Bertz CT molecular complexity index is 240. The van der Waals surface area contributed by atoms with Crippen molar-refractivity contribution in [2.75, 3.05) is 19.8 Å². The van der Waals surface area contributed by atoms with E-state index in [-0.39, 0.29) is 6.10 Å². The molecule has 14 heavy (non-hydrogen) atoms. The van der Waals surface area contributed by atoms with Crippen LogP contribution in [0.2, 0.25) is 0 Å². The van der Waals surface area contributed by atoms with Gasteiger partial charge in [-0.2, -0.15) is 0 Å². The minimum atomic E-state index is -0.481. The molecule has 4 atom stereocenters. The Morgan fingerprint density at radius 2 is 1.79 bits per heavy atom. The molecule has 0 aromatic heterocycles. The van der Waals surface area contributed by atoms with Crippen molar-refractivity contribution in [2.24, 2.45) is 5.92 Å². The third-order valence-corrected chi connectivity index (χ3v) is 3.21. The zero-order valence-corrected chi connectivity index (χ0v) is 8.56. The van der Waals surface area contributed by atoms with E-state index < -0.39 is 5.79 Å². The molecule has 3 rings (SSSR count). The smallest absolute Gasteiger partial charge is 0.162 e. The van der Waals surface area contributed by atoms with Crippen LogP contribution in [0.25, 0.3) is 0 Å². The molecule has 0 aliphatic carbocycles. The second-order valence-corrected chi connectivity index (χ2v) is 4.70.